The smallest absolute Gasteiger partial charge is 0.211 e. The molecule has 0 saturated heterocycles. The summed E-state index contributed by atoms with van der Waals surface area (Å²) in [4.78, 5) is 0. The van der Waals surface area contributed by atoms with Gasteiger partial charge < -0.3 is 0 Å². The van der Waals surface area contributed by atoms with E-state index in [1.54, 1.807) is 0 Å². The van der Waals surface area contributed by atoms with Gasteiger partial charge in [0.1, 0.15) is 0 Å². The largest absolute Gasteiger partial charge is 0.296 e. The van der Waals surface area contributed by atoms with E-state index < -0.39 is 15.4 Å². The van der Waals surface area contributed by atoms with Gasteiger partial charge in [-0.25, -0.2) is 4.44 Å². The lowest BCUT2D eigenvalue weighted by Gasteiger charge is -2.38. The van der Waals surface area contributed by atoms with Gasteiger partial charge in [0.25, 0.3) is 0 Å². The fourth-order valence-corrected chi connectivity index (χ4v) is 10.3. The molecule has 0 aliphatic rings. The molecule has 0 fully saturated rings. The summed E-state index contributed by atoms with van der Waals surface area (Å²) >= 11 is 0. The minimum absolute atomic E-state index is 0.677. The molecule has 0 spiro atoms. The summed E-state index contributed by atoms with van der Waals surface area (Å²) in [5, 5.41) is 4.15. The Morgan fingerprint density at radius 3 is 1.27 bits per heavy atom. The summed E-state index contributed by atoms with van der Waals surface area (Å²) in [6.07, 6.45) is 0. The molecular weight excluding hydrogens is 404 g/mol. The van der Waals surface area contributed by atoms with E-state index in [9.17, 15) is 0 Å². The van der Waals surface area contributed by atoms with E-state index in [1.807, 2.05) is 72.8 Å². The van der Waals surface area contributed by atoms with Crippen LogP contribution in [0, 0.1) is 0 Å². The maximum absolute atomic E-state index is 15.1. The Morgan fingerprint density at radius 1 is 0.600 bits per heavy atom. The molecule has 0 unspecified atom stereocenters. The maximum atomic E-state index is 15.1. The second-order valence-corrected chi connectivity index (χ2v) is 12.0. The van der Waals surface area contributed by atoms with E-state index in [2.05, 4.69) is 59.9 Å². The number of hydrogen-bond donors (Lipinski definition) is 0. The van der Waals surface area contributed by atoms with Gasteiger partial charge in [0, 0.05) is 25.2 Å². The first-order chi connectivity index (χ1) is 14.7. The van der Waals surface area contributed by atoms with Crippen molar-refractivity contribution in [1.82, 2.24) is 4.44 Å². The lowest BCUT2D eigenvalue weighted by Crippen LogP contribution is -2.34. The number of nitrogens with zero attached hydrogens (tertiary/aromatic N) is 1. The number of benzene rings is 4. The van der Waals surface area contributed by atoms with Crippen LogP contribution in [0.25, 0.3) is 0 Å². The van der Waals surface area contributed by atoms with Gasteiger partial charge in [-0.15, -0.1) is 0 Å². The molecule has 30 heavy (non-hydrogen) atoms. The van der Waals surface area contributed by atoms with Crippen LogP contribution >= 0.6 is 15.4 Å². The van der Waals surface area contributed by atoms with Gasteiger partial charge in [-0.2, -0.15) is 0 Å². The van der Waals surface area contributed by atoms with Gasteiger partial charge in [-0.05, 0) is 34.9 Å². The summed E-state index contributed by atoms with van der Waals surface area (Å²) in [6.45, 7) is 2.79. The zero-order valence-corrected chi connectivity index (χ0v) is 18.8. The molecule has 0 bridgehead atoms. The average Bonchev–Trinajstić information content (AvgIpc) is 2.84. The molecule has 4 rings (SSSR count). The van der Waals surface area contributed by atoms with Gasteiger partial charge >= 0.3 is 0 Å². The molecule has 0 N–H and O–H groups in total. The molecule has 0 aromatic heterocycles. The summed E-state index contributed by atoms with van der Waals surface area (Å²) in [6, 6.07) is 40.8. The first-order valence-electron chi connectivity index (χ1n) is 10.1. The van der Waals surface area contributed by atoms with Crippen LogP contribution in [-0.2, 0) is 4.57 Å². The van der Waals surface area contributed by atoms with Gasteiger partial charge in [-0.3, -0.25) is 4.57 Å². The van der Waals surface area contributed by atoms with Gasteiger partial charge in [-0.1, -0.05) is 104 Å². The minimum atomic E-state index is -3.06. The SMILES string of the molecule is CCN(P(c1ccccc1)c1ccccc1)P(=O)(c1ccccc1)c1ccccc1. The van der Waals surface area contributed by atoms with E-state index in [1.165, 1.54) is 10.6 Å². The normalized spacial score (nSPS) is 11.7. The summed E-state index contributed by atoms with van der Waals surface area (Å²) < 4.78 is 17.3. The van der Waals surface area contributed by atoms with E-state index in [0.29, 0.717) is 6.54 Å². The molecule has 0 saturated carbocycles. The van der Waals surface area contributed by atoms with Crippen LogP contribution in [0.4, 0.5) is 0 Å². The van der Waals surface area contributed by atoms with E-state index in [4.69, 9.17) is 0 Å². The lowest BCUT2D eigenvalue weighted by molar-refractivity contribution is 0.554. The van der Waals surface area contributed by atoms with Crippen molar-refractivity contribution in [3.8, 4) is 0 Å². The molecule has 0 radical (unpaired) electrons. The van der Waals surface area contributed by atoms with Crippen LogP contribution in [0.15, 0.2) is 121 Å². The zero-order valence-electron chi connectivity index (χ0n) is 17.0. The third-order valence-electron chi connectivity index (χ3n) is 5.05. The van der Waals surface area contributed by atoms with Crippen LogP contribution < -0.4 is 21.2 Å². The predicted molar refractivity (Wildman–Crippen MR) is 131 cm³/mol. The van der Waals surface area contributed by atoms with Crippen molar-refractivity contribution in [2.24, 2.45) is 0 Å². The molecule has 0 atom stereocenters. The molecule has 0 aliphatic heterocycles. The van der Waals surface area contributed by atoms with Crippen molar-refractivity contribution in [3.05, 3.63) is 121 Å². The van der Waals surface area contributed by atoms with E-state index in [-0.39, 0.29) is 0 Å². The molecular formula is C26H25NOP2. The predicted octanol–water partition coefficient (Wildman–Crippen LogP) is 5.29. The van der Waals surface area contributed by atoms with Crippen LogP contribution in [0.3, 0.4) is 0 Å². The highest BCUT2D eigenvalue weighted by Gasteiger charge is 2.39. The van der Waals surface area contributed by atoms with Crippen LogP contribution in [-0.4, -0.2) is 11.0 Å². The molecule has 0 aliphatic carbocycles. The zero-order chi connectivity index (χ0) is 20.8. The standard InChI is InChI=1S/C26H25NOP2/c1-2-27(29(23-15-7-3-8-16-23)24-17-9-4-10-18-24)30(28,25-19-11-5-12-20-25)26-21-13-6-14-22-26/h3-22H,2H2,1H3. The van der Waals surface area contributed by atoms with Crippen molar-refractivity contribution in [2.75, 3.05) is 6.54 Å². The Labute approximate surface area is 180 Å². The first-order valence-corrected chi connectivity index (χ1v) is 13.1. The highest BCUT2D eigenvalue weighted by atomic mass is 31.2. The highest BCUT2D eigenvalue weighted by Crippen LogP contribution is 2.59. The summed E-state index contributed by atoms with van der Waals surface area (Å²) in [5.74, 6) is 0. The van der Waals surface area contributed by atoms with Crippen LogP contribution in [0.1, 0.15) is 6.92 Å². The molecule has 0 heterocycles. The third kappa shape index (κ3) is 4.05. The van der Waals surface area contributed by atoms with Crippen molar-refractivity contribution < 1.29 is 4.57 Å². The second kappa shape index (κ2) is 9.54. The van der Waals surface area contributed by atoms with Crippen LogP contribution in [0.5, 0.6) is 0 Å². The third-order valence-corrected chi connectivity index (χ3v) is 11.6. The summed E-state index contributed by atoms with van der Waals surface area (Å²) in [7, 11) is -4.04. The maximum Gasteiger partial charge on any atom is 0.211 e. The molecule has 150 valence electrons. The van der Waals surface area contributed by atoms with Crippen molar-refractivity contribution >= 4 is 36.6 Å². The average molecular weight is 429 g/mol. The van der Waals surface area contributed by atoms with Crippen molar-refractivity contribution in [1.29, 1.82) is 0 Å². The minimum Gasteiger partial charge on any atom is -0.296 e. The fourth-order valence-electron chi connectivity index (χ4n) is 3.70. The fraction of sp³-hybridized carbons (Fsp3) is 0.0769. The summed E-state index contributed by atoms with van der Waals surface area (Å²) in [5.41, 5.74) is 0. The van der Waals surface area contributed by atoms with Gasteiger partial charge in [0.15, 0.2) is 0 Å². The topological polar surface area (TPSA) is 20.3 Å². The first kappa shape index (κ1) is 20.8. The van der Waals surface area contributed by atoms with E-state index in [0.717, 1.165) is 10.6 Å². The van der Waals surface area contributed by atoms with E-state index >= 15 is 4.57 Å². The van der Waals surface area contributed by atoms with Gasteiger partial charge in [0.2, 0.25) is 7.29 Å². The molecule has 4 aromatic rings. The quantitative estimate of drug-likeness (QED) is 0.372. The second-order valence-electron chi connectivity index (χ2n) is 6.92. The highest BCUT2D eigenvalue weighted by molar-refractivity contribution is 7.87. The van der Waals surface area contributed by atoms with Crippen molar-refractivity contribution in [3.63, 3.8) is 0 Å². The monoisotopic (exact) mass is 429 g/mol. The molecule has 4 aromatic carbocycles. The number of hydrogen-bond acceptors (Lipinski definition) is 1. The van der Waals surface area contributed by atoms with Gasteiger partial charge in [0.05, 0.1) is 0 Å². The Balaban J connectivity index is 1.96. The van der Waals surface area contributed by atoms with Crippen LogP contribution in [0.2, 0.25) is 0 Å². The van der Waals surface area contributed by atoms with Crippen molar-refractivity contribution in [2.45, 2.75) is 6.92 Å². The number of rotatable bonds is 7. The lowest BCUT2D eigenvalue weighted by atomic mass is 10.4. The molecule has 2 nitrogen and oxygen atoms in total. The molecule has 0 amide bonds. The Hall–Kier alpha value is -2.50. The molecule has 4 heteroatoms. The Bertz CT molecular complexity index is 1020. The Kier molecular flexibility index (Phi) is 6.60. The Morgan fingerprint density at radius 2 is 0.933 bits per heavy atom.